The Hall–Kier alpha value is -1.83. The van der Waals surface area contributed by atoms with Gasteiger partial charge in [-0.3, -0.25) is 4.90 Å². The molecular formula is C25H45N3O8. The molecule has 5 atom stereocenters. The average Bonchev–Trinajstić information content (AvgIpc) is 2.83. The van der Waals surface area contributed by atoms with Crippen molar-refractivity contribution in [2.75, 3.05) is 45.9 Å². The fraction of sp³-hybridized carbons (Fsp3) is 0.720. The molecule has 208 valence electrons. The minimum atomic E-state index is -1.34. The number of nitrogens with zero attached hydrogens (tertiary/aromatic N) is 1. The second-order valence-corrected chi connectivity index (χ2v) is 9.88. The van der Waals surface area contributed by atoms with Gasteiger partial charge in [0.25, 0.3) is 0 Å². The molecule has 1 unspecified atom stereocenters. The number of alkyl carbamates (subject to hydrolysis) is 1. The van der Waals surface area contributed by atoms with Gasteiger partial charge in [0, 0.05) is 38.8 Å². The molecular weight excluding hydrogens is 470 g/mol. The number of carbonyl (C=O) groups is 1. The molecule has 8 N–H and O–H groups in total. The standard InChI is InChI=1S/C25H45N3O8/c1-25(2,3)36-24(35)27-11-7-10-19(18-8-5-4-6-9-18)26-12-13-28(14-20(31)22(33)16-29)15-21(32)23(34)17-30/h4-6,8-9,19-23,26,29-34H,7,10-17H2,1-3H3,(H,27,35)/t19?,20-,21-,22+,23+/m0/s1. The Kier molecular flexibility index (Phi) is 15.0. The Morgan fingerprint density at radius 2 is 1.47 bits per heavy atom. The number of benzene rings is 1. The molecule has 1 rings (SSSR count). The van der Waals surface area contributed by atoms with Gasteiger partial charge in [-0.05, 0) is 39.2 Å². The molecule has 0 radical (unpaired) electrons. The number of carbonyl (C=O) groups excluding carboxylic acids is 1. The number of aliphatic hydroxyl groups is 6. The molecule has 0 aromatic heterocycles. The lowest BCUT2D eigenvalue weighted by Gasteiger charge is -2.30. The second-order valence-electron chi connectivity index (χ2n) is 9.88. The van der Waals surface area contributed by atoms with Crippen LogP contribution in [0.15, 0.2) is 30.3 Å². The Balaban J connectivity index is 2.71. The third-order valence-electron chi connectivity index (χ3n) is 5.51. The molecule has 11 heteroatoms. The predicted molar refractivity (Wildman–Crippen MR) is 135 cm³/mol. The molecule has 36 heavy (non-hydrogen) atoms. The summed E-state index contributed by atoms with van der Waals surface area (Å²) in [7, 11) is 0. The summed E-state index contributed by atoms with van der Waals surface area (Å²) < 4.78 is 5.25. The zero-order valence-corrected chi connectivity index (χ0v) is 21.6. The van der Waals surface area contributed by atoms with Gasteiger partial charge >= 0.3 is 6.09 Å². The molecule has 0 bridgehead atoms. The lowest BCUT2D eigenvalue weighted by Crippen LogP contribution is -2.48. The van der Waals surface area contributed by atoms with Crippen LogP contribution in [0.4, 0.5) is 4.79 Å². The van der Waals surface area contributed by atoms with Gasteiger partial charge in [-0.2, -0.15) is 0 Å². The number of rotatable bonds is 17. The van der Waals surface area contributed by atoms with Crippen LogP contribution in [0.1, 0.15) is 45.2 Å². The summed E-state index contributed by atoms with van der Waals surface area (Å²) >= 11 is 0. The van der Waals surface area contributed by atoms with Crippen LogP contribution >= 0.6 is 0 Å². The van der Waals surface area contributed by atoms with E-state index >= 15 is 0 Å². The normalized spacial score (nSPS) is 16.3. The molecule has 0 aliphatic rings. The van der Waals surface area contributed by atoms with E-state index in [9.17, 15) is 25.2 Å². The van der Waals surface area contributed by atoms with Crippen molar-refractivity contribution in [3.8, 4) is 0 Å². The second kappa shape index (κ2) is 16.8. The van der Waals surface area contributed by atoms with E-state index in [2.05, 4.69) is 10.6 Å². The summed E-state index contributed by atoms with van der Waals surface area (Å²) in [5, 5.41) is 64.1. The maximum absolute atomic E-state index is 11.9. The van der Waals surface area contributed by atoms with Crippen LogP contribution in [0, 0.1) is 0 Å². The summed E-state index contributed by atoms with van der Waals surface area (Å²) in [4.78, 5) is 13.5. The Bertz CT molecular complexity index is 701. The van der Waals surface area contributed by atoms with Crippen molar-refractivity contribution >= 4 is 6.09 Å². The topological polar surface area (TPSA) is 175 Å². The zero-order chi connectivity index (χ0) is 27.1. The first-order valence-corrected chi connectivity index (χ1v) is 12.4. The van der Waals surface area contributed by atoms with Crippen molar-refractivity contribution in [3.05, 3.63) is 35.9 Å². The minimum Gasteiger partial charge on any atom is -0.444 e. The highest BCUT2D eigenvalue weighted by Crippen LogP contribution is 2.18. The third kappa shape index (κ3) is 13.5. The molecule has 0 aliphatic carbocycles. The van der Waals surface area contributed by atoms with Crippen LogP contribution in [-0.2, 0) is 4.74 Å². The Labute approximate surface area is 213 Å². The fourth-order valence-corrected chi connectivity index (χ4v) is 3.55. The molecule has 0 heterocycles. The van der Waals surface area contributed by atoms with Crippen LogP contribution in [0.3, 0.4) is 0 Å². The number of ether oxygens (including phenoxy) is 1. The molecule has 1 aromatic carbocycles. The summed E-state index contributed by atoms with van der Waals surface area (Å²) in [6, 6.07) is 9.77. The van der Waals surface area contributed by atoms with Gasteiger partial charge in [0.15, 0.2) is 0 Å². The van der Waals surface area contributed by atoms with Gasteiger partial charge in [0.05, 0.1) is 25.4 Å². The van der Waals surface area contributed by atoms with Gasteiger partial charge in [-0.15, -0.1) is 0 Å². The van der Waals surface area contributed by atoms with Gasteiger partial charge in [-0.1, -0.05) is 30.3 Å². The third-order valence-corrected chi connectivity index (χ3v) is 5.51. The molecule has 0 fully saturated rings. The number of hydrogen-bond acceptors (Lipinski definition) is 10. The van der Waals surface area contributed by atoms with Crippen molar-refractivity contribution < 1.29 is 40.2 Å². The zero-order valence-electron chi connectivity index (χ0n) is 21.6. The Morgan fingerprint density at radius 3 is 1.97 bits per heavy atom. The van der Waals surface area contributed by atoms with Crippen LogP contribution in [-0.4, -0.2) is 118 Å². The molecule has 11 nitrogen and oxygen atoms in total. The number of hydrogen-bond donors (Lipinski definition) is 8. The monoisotopic (exact) mass is 515 g/mol. The molecule has 0 aliphatic heterocycles. The highest BCUT2D eigenvalue weighted by molar-refractivity contribution is 5.67. The van der Waals surface area contributed by atoms with E-state index in [4.69, 9.17) is 14.9 Å². The quantitative estimate of drug-likeness (QED) is 0.125. The molecule has 0 spiro atoms. The van der Waals surface area contributed by atoms with Gasteiger partial charge in [0.1, 0.15) is 17.8 Å². The van der Waals surface area contributed by atoms with E-state index in [1.165, 1.54) is 0 Å². The van der Waals surface area contributed by atoms with Crippen molar-refractivity contribution in [2.45, 2.75) is 69.7 Å². The minimum absolute atomic E-state index is 0.0330. The van der Waals surface area contributed by atoms with Crippen molar-refractivity contribution in [1.29, 1.82) is 0 Å². The van der Waals surface area contributed by atoms with E-state index in [1.807, 2.05) is 30.3 Å². The van der Waals surface area contributed by atoms with Crippen LogP contribution in [0.5, 0.6) is 0 Å². The van der Waals surface area contributed by atoms with Crippen molar-refractivity contribution in [3.63, 3.8) is 0 Å². The Morgan fingerprint density at radius 1 is 0.917 bits per heavy atom. The van der Waals surface area contributed by atoms with Crippen molar-refractivity contribution in [2.24, 2.45) is 0 Å². The molecule has 0 saturated carbocycles. The number of aliphatic hydroxyl groups excluding tert-OH is 6. The number of amides is 1. The van der Waals surface area contributed by atoms with Crippen LogP contribution < -0.4 is 10.6 Å². The first kappa shape index (κ1) is 32.2. The van der Waals surface area contributed by atoms with Gasteiger partial charge in [-0.25, -0.2) is 4.79 Å². The predicted octanol–water partition coefficient (Wildman–Crippen LogP) is -0.648. The lowest BCUT2D eigenvalue weighted by molar-refractivity contribution is -0.0535. The largest absolute Gasteiger partial charge is 0.444 e. The van der Waals surface area contributed by atoms with Crippen molar-refractivity contribution in [1.82, 2.24) is 15.5 Å². The highest BCUT2D eigenvalue weighted by atomic mass is 16.6. The molecule has 1 aromatic rings. The molecule has 1 amide bonds. The summed E-state index contributed by atoms with van der Waals surface area (Å²) in [6.07, 6.45) is -4.23. The van der Waals surface area contributed by atoms with Gasteiger partial charge < -0.3 is 46.0 Å². The smallest absolute Gasteiger partial charge is 0.407 e. The fourth-order valence-electron chi connectivity index (χ4n) is 3.55. The maximum atomic E-state index is 11.9. The maximum Gasteiger partial charge on any atom is 0.407 e. The van der Waals surface area contributed by atoms with E-state index in [0.29, 0.717) is 26.1 Å². The summed E-state index contributed by atoms with van der Waals surface area (Å²) in [5.41, 5.74) is 0.499. The summed E-state index contributed by atoms with van der Waals surface area (Å²) in [5.74, 6) is 0. The highest BCUT2D eigenvalue weighted by Gasteiger charge is 2.24. The van der Waals surface area contributed by atoms with E-state index < -0.39 is 49.3 Å². The number of nitrogens with one attached hydrogen (secondary N) is 2. The molecule has 0 saturated heterocycles. The first-order chi connectivity index (χ1) is 17.0. The summed E-state index contributed by atoms with van der Waals surface area (Å²) in [6.45, 7) is 5.35. The SMILES string of the molecule is CC(C)(C)OC(=O)NCCCC(NCCN(C[C@H](O)[C@H](O)CO)C[C@H](O)[C@H](O)CO)c1ccccc1. The van der Waals surface area contributed by atoms with Gasteiger partial charge in [0.2, 0.25) is 0 Å². The van der Waals surface area contributed by atoms with E-state index in [1.54, 1.807) is 25.7 Å². The average molecular weight is 516 g/mol. The van der Waals surface area contributed by atoms with Crippen LogP contribution in [0.25, 0.3) is 0 Å². The first-order valence-electron chi connectivity index (χ1n) is 12.4. The lowest BCUT2D eigenvalue weighted by atomic mass is 10.0. The van der Waals surface area contributed by atoms with Crippen LogP contribution in [0.2, 0.25) is 0 Å². The van der Waals surface area contributed by atoms with E-state index in [0.717, 1.165) is 12.0 Å². The van der Waals surface area contributed by atoms with E-state index in [-0.39, 0.29) is 19.1 Å².